The monoisotopic (exact) mass is 615 g/mol. The van der Waals surface area contributed by atoms with Crippen LogP contribution in [-0.4, -0.2) is 84.5 Å². The number of carbonyl (C=O) groups is 1. The largest absolute Gasteiger partial charge is 0.416 e. The number of benzene rings is 2. The minimum Gasteiger partial charge on any atom is -0.368 e. The highest BCUT2D eigenvalue weighted by Crippen LogP contribution is 2.36. The molecule has 7 nitrogen and oxygen atoms in total. The lowest BCUT2D eigenvalue weighted by molar-refractivity contribution is -0.142. The highest BCUT2D eigenvalue weighted by Gasteiger charge is 2.36. The summed E-state index contributed by atoms with van der Waals surface area (Å²) in [5, 5.41) is 3.78. The number of piperazine rings is 1. The highest BCUT2D eigenvalue weighted by atomic mass is 35.5. The standard InChI is InChI=1S/C32H37ClF3N5O2/c1-21-26(18-28-30(38-21)37-10-11-41(28)20-24-17-25(33)8-9-27(24)32(34,35)36)23-6-4-22(5-7-23)19-39-12-14-40(15-13-39)31(42)29-3-2-16-43-29/h4-9,17-18,21,26,29H,2-3,10-16,19-20H2,1H3,(H,37,38). The van der Waals surface area contributed by atoms with E-state index in [9.17, 15) is 18.0 Å². The van der Waals surface area contributed by atoms with Crippen LogP contribution >= 0.6 is 11.6 Å². The number of hydrogen-bond acceptors (Lipinski definition) is 6. The van der Waals surface area contributed by atoms with Crippen LogP contribution in [-0.2, 0) is 28.8 Å². The van der Waals surface area contributed by atoms with Crippen molar-refractivity contribution in [1.29, 1.82) is 0 Å². The number of nitrogens with one attached hydrogen (secondary N) is 1. The van der Waals surface area contributed by atoms with Crippen molar-refractivity contribution in [2.24, 2.45) is 4.99 Å². The fourth-order valence-electron chi connectivity index (χ4n) is 6.49. The number of aliphatic imine (C=N–C) groups is 1. The van der Waals surface area contributed by atoms with Gasteiger partial charge in [0, 0.05) is 69.4 Å². The zero-order valence-electron chi connectivity index (χ0n) is 24.2. The number of alkyl halides is 3. The summed E-state index contributed by atoms with van der Waals surface area (Å²) in [6, 6.07) is 12.4. The average Bonchev–Trinajstić information content (AvgIpc) is 3.52. The van der Waals surface area contributed by atoms with Crippen LogP contribution in [0.1, 0.15) is 47.9 Å². The van der Waals surface area contributed by atoms with Crippen LogP contribution in [0.15, 0.2) is 59.2 Å². The van der Waals surface area contributed by atoms with Crippen molar-refractivity contribution in [1.82, 2.24) is 20.0 Å². The summed E-state index contributed by atoms with van der Waals surface area (Å²) in [6.45, 7) is 7.81. The maximum Gasteiger partial charge on any atom is 0.416 e. The minimum absolute atomic E-state index is 0.0254. The molecule has 1 N–H and O–H groups in total. The first-order valence-electron chi connectivity index (χ1n) is 15.0. The number of fused-ring (bicyclic) bond motifs is 1. The van der Waals surface area contributed by atoms with Crippen molar-refractivity contribution in [3.63, 3.8) is 0 Å². The van der Waals surface area contributed by atoms with Gasteiger partial charge in [0.25, 0.3) is 5.91 Å². The third-order valence-electron chi connectivity index (χ3n) is 8.86. The van der Waals surface area contributed by atoms with E-state index in [4.69, 9.17) is 16.3 Å². The summed E-state index contributed by atoms with van der Waals surface area (Å²) in [5.41, 5.74) is 2.64. The van der Waals surface area contributed by atoms with E-state index in [-0.39, 0.29) is 41.1 Å². The first-order valence-corrected chi connectivity index (χ1v) is 15.4. The molecule has 0 aromatic heterocycles. The fraction of sp³-hybridized carbons (Fsp3) is 0.500. The van der Waals surface area contributed by atoms with Gasteiger partial charge >= 0.3 is 6.18 Å². The molecule has 0 aliphatic carbocycles. The molecule has 2 saturated heterocycles. The second-order valence-electron chi connectivity index (χ2n) is 11.8. The van der Waals surface area contributed by atoms with Crippen LogP contribution in [0.2, 0.25) is 5.02 Å². The van der Waals surface area contributed by atoms with Gasteiger partial charge in [0.2, 0.25) is 0 Å². The van der Waals surface area contributed by atoms with E-state index < -0.39 is 11.7 Å². The molecule has 0 saturated carbocycles. The van der Waals surface area contributed by atoms with Gasteiger partial charge in [-0.15, -0.1) is 0 Å². The van der Waals surface area contributed by atoms with E-state index in [2.05, 4.69) is 52.5 Å². The van der Waals surface area contributed by atoms with E-state index in [0.29, 0.717) is 19.7 Å². The predicted molar refractivity (Wildman–Crippen MR) is 160 cm³/mol. The summed E-state index contributed by atoms with van der Waals surface area (Å²) in [4.78, 5) is 23.6. The Bertz CT molecular complexity index is 1380. The zero-order chi connectivity index (χ0) is 30.1. The van der Waals surface area contributed by atoms with Crippen molar-refractivity contribution in [2.45, 2.75) is 57.1 Å². The molecule has 3 atom stereocenters. The van der Waals surface area contributed by atoms with Gasteiger partial charge in [-0.1, -0.05) is 35.9 Å². The zero-order valence-corrected chi connectivity index (χ0v) is 25.0. The number of carbonyl (C=O) groups excluding carboxylic acids is 1. The van der Waals surface area contributed by atoms with Crippen molar-refractivity contribution >= 4 is 23.3 Å². The van der Waals surface area contributed by atoms with Gasteiger partial charge in [0.05, 0.1) is 17.8 Å². The minimum atomic E-state index is -4.46. The lowest BCUT2D eigenvalue weighted by Crippen LogP contribution is -2.51. The highest BCUT2D eigenvalue weighted by molar-refractivity contribution is 6.30. The third kappa shape index (κ3) is 6.71. The van der Waals surface area contributed by atoms with Crippen molar-refractivity contribution < 1.29 is 22.7 Å². The molecule has 230 valence electrons. The molecule has 1 amide bonds. The molecule has 3 unspecified atom stereocenters. The number of halogens is 4. The number of hydrogen-bond donors (Lipinski definition) is 1. The Morgan fingerprint density at radius 2 is 1.84 bits per heavy atom. The van der Waals surface area contributed by atoms with Gasteiger partial charge in [0.15, 0.2) is 0 Å². The molecule has 2 aromatic rings. The molecule has 2 fully saturated rings. The van der Waals surface area contributed by atoms with Crippen LogP contribution in [0, 0.1) is 0 Å². The molecule has 2 aromatic carbocycles. The second kappa shape index (κ2) is 12.5. The molecule has 6 rings (SSSR count). The summed E-state index contributed by atoms with van der Waals surface area (Å²) in [5.74, 6) is 0.876. The van der Waals surface area contributed by atoms with Gasteiger partial charge in [-0.25, -0.2) is 0 Å². The molecule has 11 heteroatoms. The summed E-state index contributed by atoms with van der Waals surface area (Å²) in [6.07, 6.45) is -0.804. The smallest absolute Gasteiger partial charge is 0.368 e. The van der Waals surface area contributed by atoms with Crippen LogP contribution in [0.25, 0.3) is 0 Å². The molecule has 0 radical (unpaired) electrons. The normalized spacial score (nSPS) is 24.7. The maximum atomic E-state index is 13.8. The van der Waals surface area contributed by atoms with Crippen LogP contribution in [0.4, 0.5) is 13.2 Å². The Balaban J connectivity index is 1.12. The Kier molecular flexibility index (Phi) is 8.71. The molecule has 43 heavy (non-hydrogen) atoms. The van der Waals surface area contributed by atoms with Gasteiger partial charge in [0.1, 0.15) is 11.9 Å². The van der Waals surface area contributed by atoms with E-state index in [0.717, 1.165) is 68.7 Å². The first kappa shape index (κ1) is 30.0. The van der Waals surface area contributed by atoms with E-state index >= 15 is 0 Å². The first-order chi connectivity index (χ1) is 20.7. The molecular formula is C32H37ClF3N5O2. The number of ether oxygens (including phenoxy) is 1. The second-order valence-corrected chi connectivity index (χ2v) is 12.2. The van der Waals surface area contributed by atoms with Gasteiger partial charge in [-0.05, 0) is 60.7 Å². The molecular weight excluding hydrogens is 579 g/mol. The van der Waals surface area contributed by atoms with Gasteiger partial charge in [-0.3, -0.25) is 14.7 Å². The van der Waals surface area contributed by atoms with E-state index in [1.165, 1.54) is 17.7 Å². The number of amidine groups is 1. The lowest BCUT2D eigenvalue weighted by atomic mass is 9.87. The molecule has 0 bridgehead atoms. The van der Waals surface area contributed by atoms with E-state index in [1.807, 2.05) is 9.80 Å². The average molecular weight is 616 g/mol. The van der Waals surface area contributed by atoms with E-state index in [1.54, 1.807) is 0 Å². The summed E-state index contributed by atoms with van der Waals surface area (Å²) < 4.78 is 46.8. The van der Waals surface area contributed by atoms with Crippen LogP contribution in [0.3, 0.4) is 0 Å². The molecule has 4 aliphatic rings. The number of amides is 1. The Morgan fingerprint density at radius 3 is 2.53 bits per heavy atom. The molecule has 0 spiro atoms. The van der Waals surface area contributed by atoms with Crippen molar-refractivity contribution in [3.8, 4) is 0 Å². The van der Waals surface area contributed by atoms with Gasteiger partial charge in [-0.2, -0.15) is 13.2 Å². The van der Waals surface area contributed by atoms with Crippen LogP contribution in [0.5, 0.6) is 0 Å². The molecule has 4 heterocycles. The van der Waals surface area contributed by atoms with Crippen molar-refractivity contribution in [2.75, 3.05) is 45.9 Å². The fourth-order valence-corrected chi connectivity index (χ4v) is 6.68. The summed E-state index contributed by atoms with van der Waals surface area (Å²) >= 11 is 6.10. The lowest BCUT2D eigenvalue weighted by Gasteiger charge is -2.39. The topological polar surface area (TPSA) is 60.4 Å². The maximum absolute atomic E-state index is 13.8. The number of nitrogens with zero attached hydrogens (tertiary/aromatic N) is 4. The summed E-state index contributed by atoms with van der Waals surface area (Å²) in [7, 11) is 0. The Hall–Kier alpha value is -3.08. The predicted octanol–water partition coefficient (Wildman–Crippen LogP) is 5.06. The Labute approximate surface area is 255 Å². The Morgan fingerprint density at radius 1 is 1.07 bits per heavy atom. The van der Waals surface area contributed by atoms with Crippen molar-refractivity contribution in [3.05, 3.63) is 81.5 Å². The SMILES string of the molecule is CC1NC2=NCCN(Cc3cc(Cl)ccc3C(F)(F)F)C2=CC1c1ccc(CN2CCN(C(=O)C3CCCO3)CC2)cc1. The molecule has 4 aliphatic heterocycles. The third-order valence-corrected chi connectivity index (χ3v) is 9.09. The number of rotatable bonds is 6. The van der Waals surface area contributed by atoms with Crippen LogP contribution < -0.4 is 5.32 Å². The quantitative estimate of drug-likeness (QED) is 0.493. The van der Waals surface area contributed by atoms with Gasteiger partial charge < -0.3 is 19.9 Å².